The molecule has 2 aromatic rings. The summed E-state index contributed by atoms with van der Waals surface area (Å²) in [6.45, 7) is 4.67. The number of aryl methyl sites for hydroxylation is 3. The highest BCUT2D eigenvalue weighted by molar-refractivity contribution is 7.89. The number of furan rings is 1. The topological polar surface area (TPSA) is 110 Å². The smallest absolute Gasteiger partial charge is 0.340 e. The molecular weight excluding hydrogens is 316 g/mol. The molecule has 7 nitrogen and oxygen atoms in total. The molecule has 0 fully saturated rings. The molecule has 0 saturated carbocycles. The molecule has 0 aliphatic carbocycles. The van der Waals surface area contributed by atoms with Gasteiger partial charge in [0.1, 0.15) is 22.0 Å². The second-order valence-corrected chi connectivity index (χ2v) is 7.05. The maximum absolute atomic E-state index is 12.3. The summed E-state index contributed by atoms with van der Waals surface area (Å²) in [5.74, 6) is -1.22. The van der Waals surface area contributed by atoms with Gasteiger partial charge in [-0.25, -0.2) is 22.9 Å². The fourth-order valence-electron chi connectivity index (χ4n) is 1.96. The fraction of sp³-hybridized carbons (Fsp3) is 0.333. The number of carboxylic acids is 1. The van der Waals surface area contributed by atoms with Crippen molar-refractivity contribution in [1.82, 2.24) is 9.71 Å². The first-order chi connectivity index (χ1) is 9.74. The van der Waals surface area contributed by atoms with E-state index in [0.717, 1.165) is 10.6 Å². The number of carbonyl (C=O) groups is 1. The molecule has 9 heteroatoms. The van der Waals surface area contributed by atoms with Crippen LogP contribution >= 0.6 is 11.3 Å². The average molecular weight is 330 g/mol. The van der Waals surface area contributed by atoms with Gasteiger partial charge in [-0.2, -0.15) is 0 Å². The molecule has 0 radical (unpaired) electrons. The number of carboxylic acid groups (broad SMARTS) is 1. The van der Waals surface area contributed by atoms with Crippen molar-refractivity contribution in [2.75, 3.05) is 0 Å². The number of hydrogen-bond acceptors (Lipinski definition) is 6. The van der Waals surface area contributed by atoms with E-state index in [4.69, 9.17) is 9.52 Å². The number of aromatic nitrogens is 1. The molecule has 0 bridgehead atoms. The third-order valence-electron chi connectivity index (χ3n) is 2.96. The first-order valence-corrected chi connectivity index (χ1v) is 8.32. The predicted molar refractivity (Wildman–Crippen MR) is 76.0 cm³/mol. The van der Waals surface area contributed by atoms with Crippen molar-refractivity contribution in [2.24, 2.45) is 0 Å². The van der Waals surface area contributed by atoms with Gasteiger partial charge in [-0.3, -0.25) is 0 Å². The Hall–Kier alpha value is -1.71. The zero-order valence-electron chi connectivity index (χ0n) is 11.6. The Morgan fingerprint density at radius 2 is 2.05 bits per heavy atom. The molecule has 21 heavy (non-hydrogen) atoms. The number of aromatic carboxylic acids is 1. The first kappa shape index (κ1) is 15.7. The van der Waals surface area contributed by atoms with Gasteiger partial charge < -0.3 is 9.52 Å². The number of rotatable bonds is 5. The highest BCUT2D eigenvalue weighted by Gasteiger charge is 2.30. The van der Waals surface area contributed by atoms with Gasteiger partial charge in [-0.05, 0) is 20.8 Å². The first-order valence-electron chi connectivity index (χ1n) is 5.96. The standard InChI is InChI=1S/C12H14N2O5S2/c1-6-9(20-5-13-6)4-14-21(17,18)11-8(3)19-7(2)10(11)12(15)16/h5,14H,4H2,1-3H3,(H,15,16). The lowest BCUT2D eigenvalue weighted by Gasteiger charge is -2.06. The third-order valence-corrected chi connectivity index (χ3v) is 5.44. The van der Waals surface area contributed by atoms with E-state index in [9.17, 15) is 13.2 Å². The second kappa shape index (κ2) is 5.58. The Balaban J connectivity index is 2.36. The van der Waals surface area contributed by atoms with Crippen molar-refractivity contribution in [3.8, 4) is 0 Å². The lowest BCUT2D eigenvalue weighted by atomic mass is 10.2. The summed E-state index contributed by atoms with van der Waals surface area (Å²) in [5, 5.41) is 9.16. The van der Waals surface area contributed by atoms with Crippen molar-refractivity contribution < 1.29 is 22.7 Å². The molecule has 2 N–H and O–H groups in total. The summed E-state index contributed by atoms with van der Waals surface area (Å²) in [7, 11) is -3.98. The number of thiazole rings is 1. The number of nitrogens with one attached hydrogen (secondary N) is 1. The van der Waals surface area contributed by atoms with E-state index >= 15 is 0 Å². The van der Waals surface area contributed by atoms with E-state index in [1.165, 1.54) is 25.2 Å². The lowest BCUT2D eigenvalue weighted by molar-refractivity contribution is 0.0691. The van der Waals surface area contributed by atoms with Crippen molar-refractivity contribution in [3.63, 3.8) is 0 Å². The molecule has 2 aromatic heterocycles. The minimum atomic E-state index is -3.98. The molecule has 0 spiro atoms. The van der Waals surface area contributed by atoms with E-state index in [0.29, 0.717) is 0 Å². The van der Waals surface area contributed by atoms with Crippen LogP contribution in [0.2, 0.25) is 0 Å². The monoisotopic (exact) mass is 330 g/mol. The molecule has 2 rings (SSSR count). The van der Waals surface area contributed by atoms with E-state index < -0.39 is 16.0 Å². The van der Waals surface area contributed by atoms with Crippen molar-refractivity contribution >= 4 is 27.3 Å². The highest BCUT2D eigenvalue weighted by atomic mass is 32.2. The third kappa shape index (κ3) is 2.99. The molecule has 0 unspecified atom stereocenters. The summed E-state index contributed by atoms with van der Waals surface area (Å²) in [4.78, 5) is 15.7. The Kier molecular flexibility index (Phi) is 4.17. The summed E-state index contributed by atoms with van der Waals surface area (Å²) in [5.41, 5.74) is 2.02. The average Bonchev–Trinajstić information content (AvgIpc) is 2.90. The summed E-state index contributed by atoms with van der Waals surface area (Å²) in [6.07, 6.45) is 0. The van der Waals surface area contributed by atoms with Gasteiger partial charge in [0.2, 0.25) is 10.0 Å². The Morgan fingerprint density at radius 3 is 2.57 bits per heavy atom. The van der Waals surface area contributed by atoms with E-state index in [1.54, 1.807) is 12.4 Å². The van der Waals surface area contributed by atoms with Gasteiger partial charge in [-0.1, -0.05) is 0 Å². The van der Waals surface area contributed by atoms with E-state index in [2.05, 4.69) is 9.71 Å². The van der Waals surface area contributed by atoms with Crippen LogP contribution in [0.5, 0.6) is 0 Å². The molecule has 0 aliphatic heterocycles. The number of nitrogens with zero attached hydrogens (tertiary/aromatic N) is 1. The second-order valence-electron chi connectivity index (χ2n) is 4.41. The van der Waals surface area contributed by atoms with Gasteiger partial charge in [-0.15, -0.1) is 11.3 Å². The van der Waals surface area contributed by atoms with Crippen LogP contribution in [0.25, 0.3) is 0 Å². The van der Waals surface area contributed by atoms with Crippen molar-refractivity contribution in [2.45, 2.75) is 32.2 Å². The van der Waals surface area contributed by atoms with Crippen molar-refractivity contribution in [1.29, 1.82) is 0 Å². The van der Waals surface area contributed by atoms with Crippen LogP contribution in [0.1, 0.15) is 32.4 Å². The molecule has 0 amide bonds. The minimum Gasteiger partial charge on any atom is -0.478 e. The molecule has 0 atom stereocenters. The Morgan fingerprint density at radius 1 is 1.38 bits per heavy atom. The molecule has 0 aromatic carbocycles. The Bertz CT molecular complexity index is 789. The van der Waals surface area contributed by atoms with Gasteiger partial charge in [0.25, 0.3) is 0 Å². The van der Waals surface area contributed by atoms with Crippen LogP contribution in [-0.4, -0.2) is 24.5 Å². The van der Waals surface area contributed by atoms with Gasteiger partial charge in [0, 0.05) is 11.4 Å². The van der Waals surface area contributed by atoms with Crippen LogP contribution in [-0.2, 0) is 16.6 Å². The lowest BCUT2D eigenvalue weighted by Crippen LogP contribution is -2.25. The predicted octanol–water partition coefficient (Wildman–Crippen LogP) is 1.84. The van der Waals surface area contributed by atoms with Gasteiger partial charge >= 0.3 is 5.97 Å². The van der Waals surface area contributed by atoms with Gasteiger partial charge in [0.05, 0.1) is 11.2 Å². The quantitative estimate of drug-likeness (QED) is 0.865. The van der Waals surface area contributed by atoms with Crippen LogP contribution in [0.15, 0.2) is 14.8 Å². The molecule has 2 heterocycles. The molecular formula is C12H14N2O5S2. The SMILES string of the molecule is Cc1ncsc1CNS(=O)(=O)c1c(C)oc(C)c1C(=O)O. The zero-order valence-corrected chi connectivity index (χ0v) is 13.3. The van der Waals surface area contributed by atoms with E-state index in [1.807, 2.05) is 0 Å². The molecule has 114 valence electrons. The summed E-state index contributed by atoms with van der Waals surface area (Å²) >= 11 is 1.33. The summed E-state index contributed by atoms with van der Waals surface area (Å²) < 4.78 is 32.2. The maximum atomic E-state index is 12.3. The number of sulfonamides is 1. The van der Waals surface area contributed by atoms with Crippen LogP contribution in [0.3, 0.4) is 0 Å². The largest absolute Gasteiger partial charge is 0.478 e. The van der Waals surface area contributed by atoms with E-state index in [-0.39, 0.29) is 28.5 Å². The molecule has 0 saturated heterocycles. The maximum Gasteiger partial charge on any atom is 0.340 e. The normalized spacial score (nSPS) is 11.8. The minimum absolute atomic E-state index is 0.0541. The highest BCUT2D eigenvalue weighted by Crippen LogP contribution is 2.26. The van der Waals surface area contributed by atoms with Crippen LogP contribution < -0.4 is 4.72 Å². The Labute approximate surface area is 125 Å². The zero-order chi connectivity index (χ0) is 15.8. The van der Waals surface area contributed by atoms with Gasteiger partial charge in [0.15, 0.2) is 0 Å². The van der Waals surface area contributed by atoms with Crippen LogP contribution in [0.4, 0.5) is 0 Å². The molecule has 0 aliphatic rings. The van der Waals surface area contributed by atoms with Crippen molar-refractivity contribution in [3.05, 3.63) is 33.2 Å². The summed E-state index contributed by atoms with van der Waals surface area (Å²) in [6, 6.07) is 0. The van der Waals surface area contributed by atoms with Crippen LogP contribution in [0, 0.1) is 20.8 Å². The number of hydrogen-bond donors (Lipinski definition) is 2. The fourth-order valence-corrected chi connectivity index (χ4v) is 4.17.